The van der Waals surface area contributed by atoms with Gasteiger partial charge >= 0.3 is 0 Å². The molecule has 0 aromatic heterocycles. The number of rotatable bonds is 22. The van der Waals surface area contributed by atoms with Crippen molar-refractivity contribution in [2.75, 3.05) is 54.6 Å². The summed E-state index contributed by atoms with van der Waals surface area (Å²) in [6.07, 6.45) is 15.0. The molecule has 0 rings (SSSR count). The molecule has 0 radical (unpaired) electrons. The van der Waals surface area contributed by atoms with Crippen molar-refractivity contribution in [1.29, 1.82) is 0 Å². The molecule has 0 heterocycles. The van der Waals surface area contributed by atoms with Gasteiger partial charge < -0.3 is 19.3 Å². The zero-order valence-corrected chi connectivity index (χ0v) is 22.8. The van der Waals surface area contributed by atoms with E-state index in [1.807, 2.05) is 0 Å². The van der Waals surface area contributed by atoms with Crippen LogP contribution in [0.1, 0.15) is 104 Å². The number of hydrogen-bond donors (Lipinski definition) is 0. The molecule has 0 aromatic carbocycles. The summed E-state index contributed by atoms with van der Waals surface area (Å²) in [6, 6.07) is 0. The lowest BCUT2D eigenvalue weighted by Gasteiger charge is -2.34. The third-order valence-corrected chi connectivity index (χ3v) is 6.15. The van der Waals surface area contributed by atoms with Gasteiger partial charge in [0, 0.05) is 59.7 Å². The fourth-order valence-electron chi connectivity index (χ4n) is 3.81. The first-order valence-corrected chi connectivity index (χ1v) is 13.3. The summed E-state index contributed by atoms with van der Waals surface area (Å²) >= 11 is 0. The summed E-state index contributed by atoms with van der Waals surface area (Å²) in [7, 11) is 7.04. The summed E-state index contributed by atoms with van der Waals surface area (Å²) in [5.74, 6) is 0.0146. The largest absolute Gasteiger partial charge is 0.381 e. The average Bonchev–Trinajstić information content (AvgIpc) is 2.77. The third kappa shape index (κ3) is 17.0. The minimum Gasteiger partial charge on any atom is -0.381 e. The highest BCUT2D eigenvalue weighted by atomic mass is 16.5. The Balaban J connectivity index is 4.91. The second-order valence-electron chi connectivity index (χ2n) is 10.1. The van der Waals surface area contributed by atoms with E-state index in [2.05, 4.69) is 13.8 Å². The Hall–Kier alpha value is -1.14. The summed E-state index contributed by atoms with van der Waals surface area (Å²) < 4.78 is 12.1. The van der Waals surface area contributed by atoms with Crippen LogP contribution in [0.4, 0.5) is 0 Å². The van der Waals surface area contributed by atoms with Gasteiger partial charge in [-0.2, -0.15) is 0 Å². The molecule has 0 bridgehead atoms. The maximum absolute atomic E-state index is 12.7. The van der Waals surface area contributed by atoms with Crippen LogP contribution in [0.15, 0.2) is 0 Å². The molecule has 0 saturated heterocycles. The topological polar surface area (TPSA) is 59.1 Å². The molecule has 0 aliphatic carbocycles. The Labute approximate surface area is 204 Å². The van der Waals surface area contributed by atoms with Crippen LogP contribution in [0.25, 0.3) is 0 Å². The van der Waals surface area contributed by atoms with Gasteiger partial charge in [0.15, 0.2) is 0 Å². The van der Waals surface area contributed by atoms with Crippen molar-refractivity contribution in [3.8, 4) is 0 Å². The number of hydrogen-bond acceptors (Lipinski definition) is 4. The van der Waals surface area contributed by atoms with Crippen LogP contribution >= 0.6 is 0 Å². The second kappa shape index (κ2) is 20.3. The predicted octanol–water partition coefficient (Wildman–Crippen LogP) is 5.68. The minimum atomic E-state index is -0.632. The van der Waals surface area contributed by atoms with Crippen molar-refractivity contribution in [1.82, 2.24) is 9.80 Å². The van der Waals surface area contributed by atoms with E-state index in [0.717, 1.165) is 25.7 Å². The van der Waals surface area contributed by atoms with Crippen molar-refractivity contribution in [2.45, 2.75) is 104 Å². The SMILES string of the molecule is CCCCCCCCOCC(COCCCCCCCC)(CC(=O)N(C)C)CC(=O)N(C)C. The molecule has 0 aliphatic rings. The van der Waals surface area contributed by atoms with E-state index in [-0.39, 0.29) is 24.7 Å². The van der Waals surface area contributed by atoms with Crippen LogP contribution in [0, 0.1) is 5.41 Å². The van der Waals surface area contributed by atoms with Crippen molar-refractivity contribution in [3.05, 3.63) is 0 Å². The van der Waals surface area contributed by atoms with E-state index < -0.39 is 5.41 Å². The Kier molecular flexibility index (Phi) is 19.6. The standard InChI is InChI=1S/C27H54N2O4/c1-7-9-11-13-15-17-19-32-23-27(21-25(30)28(3)4,22-26(31)29(5)6)24-33-20-18-16-14-12-10-8-2/h7-24H2,1-6H3. The lowest BCUT2D eigenvalue weighted by Crippen LogP contribution is -2.42. The lowest BCUT2D eigenvalue weighted by atomic mass is 9.81. The first-order valence-electron chi connectivity index (χ1n) is 13.3. The van der Waals surface area contributed by atoms with E-state index in [4.69, 9.17) is 9.47 Å². The maximum atomic E-state index is 12.7. The molecule has 0 aromatic rings. The smallest absolute Gasteiger partial charge is 0.222 e. The van der Waals surface area contributed by atoms with Crippen molar-refractivity contribution in [3.63, 3.8) is 0 Å². The molecule has 0 spiro atoms. The molecule has 0 fully saturated rings. The quantitative estimate of drug-likeness (QED) is 0.191. The molecule has 0 atom stereocenters. The number of carbonyl (C=O) groups is 2. The van der Waals surface area contributed by atoms with Gasteiger partial charge in [-0.15, -0.1) is 0 Å². The third-order valence-electron chi connectivity index (χ3n) is 6.15. The second-order valence-corrected chi connectivity index (χ2v) is 10.1. The van der Waals surface area contributed by atoms with Crippen LogP contribution in [0.2, 0.25) is 0 Å². The summed E-state index contributed by atoms with van der Waals surface area (Å²) in [5, 5.41) is 0. The number of unbranched alkanes of at least 4 members (excludes halogenated alkanes) is 10. The van der Waals surface area contributed by atoms with Gasteiger partial charge in [0.05, 0.1) is 13.2 Å². The van der Waals surface area contributed by atoms with Gasteiger partial charge in [-0.1, -0.05) is 78.1 Å². The van der Waals surface area contributed by atoms with Crippen molar-refractivity contribution < 1.29 is 19.1 Å². The Morgan fingerprint density at radius 1 is 0.576 bits per heavy atom. The number of ether oxygens (including phenoxy) is 2. The molecular formula is C27H54N2O4. The molecule has 6 heteroatoms. The molecule has 0 unspecified atom stereocenters. The fraction of sp³-hybridized carbons (Fsp3) is 0.926. The Bertz CT molecular complexity index is 451. The van der Waals surface area contributed by atoms with Crippen molar-refractivity contribution in [2.24, 2.45) is 5.41 Å². The molecule has 0 aliphatic heterocycles. The van der Waals surface area contributed by atoms with Crippen LogP contribution < -0.4 is 0 Å². The van der Waals surface area contributed by atoms with E-state index in [0.29, 0.717) is 26.4 Å². The van der Waals surface area contributed by atoms with Gasteiger partial charge in [0.2, 0.25) is 11.8 Å². The number of amides is 2. The first-order chi connectivity index (χ1) is 15.8. The summed E-state index contributed by atoms with van der Waals surface area (Å²) in [6.45, 7) is 6.52. The zero-order chi connectivity index (χ0) is 25.0. The minimum absolute atomic E-state index is 0.00730. The molecule has 6 nitrogen and oxygen atoms in total. The molecule has 0 saturated carbocycles. The van der Waals surface area contributed by atoms with Gasteiger partial charge in [0.25, 0.3) is 0 Å². The fourth-order valence-corrected chi connectivity index (χ4v) is 3.81. The lowest BCUT2D eigenvalue weighted by molar-refractivity contribution is -0.140. The molecule has 33 heavy (non-hydrogen) atoms. The highest BCUT2D eigenvalue weighted by Gasteiger charge is 2.37. The highest BCUT2D eigenvalue weighted by Crippen LogP contribution is 2.30. The summed E-state index contributed by atoms with van der Waals surface area (Å²) in [5.41, 5.74) is -0.632. The maximum Gasteiger partial charge on any atom is 0.222 e. The molecule has 2 amide bonds. The van der Waals surface area contributed by atoms with Crippen LogP contribution in [0.3, 0.4) is 0 Å². The summed E-state index contributed by atoms with van der Waals surface area (Å²) in [4.78, 5) is 28.5. The van der Waals surface area contributed by atoms with E-state index >= 15 is 0 Å². The molecular weight excluding hydrogens is 416 g/mol. The Morgan fingerprint density at radius 2 is 0.909 bits per heavy atom. The van der Waals surface area contributed by atoms with Crippen molar-refractivity contribution >= 4 is 11.8 Å². The van der Waals surface area contributed by atoms with Crippen LogP contribution in [-0.2, 0) is 19.1 Å². The van der Waals surface area contributed by atoms with Crippen LogP contribution in [0.5, 0.6) is 0 Å². The van der Waals surface area contributed by atoms with E-state index in [9.17, 15) is 9.59 Å². The van der Waals surface area contributed by atoms with E-state index in [1.165, 1.54) is 51.4 Å². The zero-order valence-electron chi connectivity index (χ0n) is 22.8. The van der Waals surface area contributed by atoms with Gasteiger partial charge in [-0.25, -0.2) is 0 Å². The van der Waals surface area contributed by atoms with Gasteiger partial charge in [-0.05, 0) is 12.8 Å². The predicted molar refractivity (Wildman–Crippen MR) is 137 cm³/mol. The van der Waals surface area contributed by atoms with Gasteiger partial charge in [0.1, 0.15) is 0 Å². The Morgan fingerprint density at radius 3 is 1.24 bits per heavy atom. The molecule has 196 valence electrons. The van der Waals surface area contributed by atoms with E-state index in [1.54, 1.807) is 38.0 Å². The molecule has 0 N–H and O–H groups in total. The highest BCUT2D eigenvalue weighted by molar-refractivity contribution is 5.80. The van der Waals surface area contributed by atoms with Gasteiger partial charge in [-0.3, -0.25) is 9.59 Å². The normalized spacial score (nSPS) is 11.6. The first kappa shape index (κ1) is 31.9. The average molecular weight is 471 g/mol. The van der Waals surface area contributed by atoms with Crippen LogP contribution in [-0.4, -0.2) is 76.2 Å². The number of nitrogens with zero attached hydrogens (tertiary/aromatic N) is 2. The number of carbonyl (C=O) groups excluding carboxylic acids is 2. The monoisotopic (exact) mass is 470 g/mol.